The van der Waals surface area contributed by atoms with E-state index >= 15 is 0 Å². The molecule has 182 valence electrons. The van der Waals surface area contributed by atoms with E-state index in [-0.39, 0.29) is 18.2 Å². The van der Waals surface area contributed by atoms with Gasteiger partial charge in [0.25, 0.3) is 5.91 Å². The number of ether oxygens (including phenoxy) is 1. The van der Waals surface area contributed by atoms with E-state index in [1.807, 2.05) is 13.0 Å². The Kier molecular flexibility index (Phi) is 8.06. The van der Waals surface area contributed by atoms with Crippen molar-refractivity contribution < 1.29 is 18.7 Å². The van der Waals surface area contributed by atoms with Crippen LogP contribution in [0.25, 0.3) is 11.0 Å². The van der Waals surface area contributed by atoms with Gasteiger partial charge in [0.1, 0.15) is 10.6 Å². The molecule has 4 rings (SSSR count). The van der Waals surface area contributed by atoms with E-state index in [1.165, 1.54) is 10.4 Å². The second kappa shape index (κ2) is 11.2. The van der Waals surface area contributed by atoms with Gasteiger partial charge in [-0.1, -0.05) is 19.9 Å². The molecule has 0 radical (unpaired) electrons. The summed E-state index contributed by atoms with van der Waals surface area (Å²) in [7, 11) is 0. The third-order valence-electron chi connectivity index (χ3n) is 6.30. The highest BCUT2D eigenvalue weighted by atomic mass is 32.1. The topological polar surface area (TPSA) is 80.6 Å². The largest absolute Gasteiger partial charge is 0.464 e. The van der Waals surface area contributed by atoms with Crippen LogP contribution in [0, 0.1) is 0 Å². The van der Waals surface area contributed by atoms with E-state index in [4.69, 9.17) is 9.15 Å². The number of anilines is 1. The number of hydrogen-bond donors (Lipinski definition) is 2. The number of thiophene rings is 1. The Balaban J connectivity index is 1.50. The maximum atomic E-state index is 13.1. The van der Waals surface area contributed by atoms with Gasteiger partial charge < -0.3 is 19.8 Å². The van der Waals surface area contributed by atoms with E-state index < -0.39 is 0 Å². The second-order valence-electron chi connectivity index (χ2n) is 9.12. The fourth-order valence-corrected chi connectivity index (χ4v) is 5.75. The Hall–Kier alpha value is -2.64. The van der Waals surface area contributed by atoms with Crippen LogP contribution >= 0.6 is 11.3 Å². The van der Waals surface area contributed by atoms with Crippen molar-refractivity contribution >= 4 is 39.1 Å². The van der Waals surface area contributed by atoms with Crippen molar-refractivity contribution in [2.75, 3.05) is 25.1 Å². The van der Waals surface area contributed by atoms with Crippen molar-refractivity contribution in [3.05, 3.63) is 51.6 Å². The average molecular weight is 483 g/mol. The minimum Gasteiger partial charge on any atom is -0.464 e. The Morgan fingerprint density at radius 3 is 2.82 bits per heavy atom. The third kappa shape index (κ3) is 5.53. The van der Waals surface area contributed by atoms with E-state index in [1.54, 1.807) is 17.6 Å². The summed E-state index contributed by atoms with van der Waals surface area (Å²) in [5.41, 5.74) is 4.60. The minimum atomic E-state index is -0.137. The molecule has 6 nitrogen and oxygen atoms in total. The number of nitrogens with one attached hydrogen (secondary N) is 2. The molecule has 2 heterocycles. The number of rotatable bonds is 10. The Labute approximate surface area is 205 Å². The first-order valence-corrected chi connectivity index (χ1v) is 13.1. The average Bonchev–Trinajstić information content (AvgIpc) is 3.39. The van der Waals surface area contributed by atoms with Crippen molar-refractivity contribution in [2.45, 2.75) is 65.2 Å². The summed E-state index contributed by atoms with van der Waals surface area (Å²) in [6.45, 7) is 8.11. The van der Waals surface area contributed by atoms with Crippen LogP contribution in [0.1, 0.15) is 77.9 Å². The molecule has 0 spiro atoms. The predicted octanol–water partition coefficient (Wildman–Crippen LogP) is 5.83. The van der Waals surface area contributed by atoms with Crippen LogP contribution in [0.5, 0.6) is 0 Å². The lowest BCUT2D eigenvalue weighted by molar-refractivity contribution is -0.115. The van der Waals surface area contributed by atoms with E-state index in [0.29, 0.717) is 36.2 Å². The molecule has 0 saturated carbocycles. The highest BCUT2D eigenvalue weighted by molar-refractivity contribution is 7.17. The molecular weight excluding hydrogens is 448 g/mol. The highest BCUT2D eigenvalue weighted by Gasteiger charge is 2.26. The molecule has 3 aromatic rings. The predicted molar refractivity (Wildman–Crippen MR) is 137 cm³/mol. The van der Waals surface area contributed by atoms with Gasteiger partial charge in [0.15, 0.2) is 0 Å². The lowest BCUT2D eigenvalue weighted by atomic mass is 9.95. The molecule has 1 aliphatic rings. The standard InChI is InChI=1S/C27H34N2O4S/c1-4-32-13-7-12-28-26(31)25-20-8-5-6-9-23(20)34-27(25)29-24(30)15-19-16-33-22-11-10-18(17(2)3)14-21(19)22/h10-11,14,16-17H,4-9,12-13,15H2,1-3H3,(H,28,31)(H,29,30). The van der Waals surface area contributed by atoms with Gasteiger partial charge in [0.2, 0.25) is 5.91 Å². The van der Waals surface area contributed by atoms with Gasteiger partial charge in [-0.2, -0.15) is 0 Å². The van der Waals surface area contributed by atoms with Crippen LogP contribution in [-0.2, 0) is 28.8 Å². The Morgan fingerprint density at radius 1 is 1.21 bits per heavy atom. The smallest absolute Gasteiger partial charge is 0.254 e. The molecule has 7 heteroatoms. The summed E-state index contributed by atoms with van der Waals surface area (Å²) in [5, 5.41) is 7.70. The fraction of sp³-hybridized carbons (Fsp3) is 0.481. The van der Waals surface area contributed by atoms with Crippen LogP contribution in [-0.4, -0.2) is 31.6 Å². The molecule has 0 fully saturated rings. The lowest BCUT2D eigenvalue weighted by Crippen LogP contribution is -2.27. The molecule has 0 bridgehead atoms. The number of benzene rings is 1. The summed E-state index contributed by atoms with van der Waals surface area (Å²) < 4.78 is 11.0. The first kappa shape index (κ1) is 24.5. The van der Waals surface area contributed by atoms with E-state index in [0.717, 1.165) is 54.2 Å². The molecule has 1 aliphatic carbocycles. The van der Waals surface area contributed by atoms with E-state index in [2.05, 4.69) is 36.6 Å². The van der Waals surface area contributed by atoms with Gasteiger partial charge >= 0.3 is 0 Å². The summed E-state index contributed by atoms with van der Waals surface area (Å²) >= 11 is 1.55. The third-order valence-corrected chi connectivity index (χ3v) is 7.51. The first-order valence-electron chi connectivity index (χ1n) is 12.3. The molecule has 0 atom stereocenters. The number of fused-ring (bicyclic) bond motifs is 2. The molecular formula is C27H34N2O4S. The van der Waals surface area contributed by atoms with Crippen molar-refractivity contribution in [3.63, 3.8) is 0 Å². The maximum absolute atomic E-state index is 13.1. The molecule has 0 saturated heterocycles. The van der Waals surface area contributed by atoms with Gasteiger partial charge in [-0.3, -0.25) is 9.59 Å². The molecule has 2 amide bonds. The first-order chi connectivity index (χ1) is 16.5. The monoisotopic (exact) mass is 482 g/mol. The molecule has 0 unspecified atom stereocenters. The minimum absolute atomic E-state index is 0.110. The highest BCUT2D eigenvalue weighted by Crippen LogP contribution is 2.38. The van der Waals surface area contributed by atoms with Crippen molar-refractivity contribution in [1.29, 1.82) is 0 Å². The molecule has 1 aromatic carbocycles. The quantitative estimate of drug-likeness (QED) is 0.356. The van der Waals surface area contributed by atoms with Crippen molar-refractivity contribution in [1.82, 2.24) is 5.32 Å². The Morgan fingerprint density at radius 2 is 2.03 bits per heavy atom. The zero-order valence-corrected chi connectivity index (χ0v) is 21.1. The number of amides is 2. The van der Waals surface area contributed by atoms with Gasteiger partial charge in [0, 0.05) is 35.6 Å². The number of furan rings is 1. The normalized spacial score (nSPS) is 13.3. The number of hydrogen-bond acceptors (Lipinski definition) is 5. The molecule has 0 aliphatic heterocycles. The van der Waals surface area contributed by atoms with Gasteiger partial charge in [-0.05, 0) is 68.2 Å². The van der Waals surface area contributed by atoms with Crippen LogP contribution < -0.4 is 10.6 Å². The summed E-state index contributed by atoms with van der Waals surface area (Å²) in [6, 6.07) is 6.14. The van der Waals surface area contributed by atoms with Gasteiger partial charge in [-0.25, -0.2) is 0 Å². The van der Waals surface area contributed by atoms with Gasteiger partial charge in [-0.15, -0.1) is 11.3 Å². The zero-order chi connectivity index (χ0) is 24.1. The number of aryl methyl sites for hydroxylation is 1. The summed E-state index contributed by atoms with van der Waals surface area (Å²) in [6.07, 6.45) is 6.67. The summed E-state index contributed by atoms with van der Waals surface area (Å²) in [5.74, 6) is 0.149. The number of carbonyl (C=O) groups excluding carboxylic acids is 2. The van der Waals surface area contributed by atoms with Crippen LogP contribution in [0.4, 0.5) is 5.00 Å². The SMILES string of the molecule is CCOCCCNC(=O)c1c(NC(=O)Cc2coc3ccc(C(C)C)cc23)sc2c1CCCC2. The summed E-state index contributed by atoms with van der Waals surface area (Å²) in [4.78, 5) is 27.4. The Bertz CT molecular complexity index is 1160. The maximum Gasteiger partial charge on any atom is 0.254 e. The van der Waals surface area contributed by atoms with Crippen molar-refractivity contribution in [2.24, 2.45) is 0 Å². The molecule has 2 aromatic heterocycles. The van der Waals surface area contributed by atoms with Crippen LogP contribution in [0.2, 0.25) is 0 Å². The fourth-order valence-electron chi connectivity index (χ4n) is 4.44. The van der Waals surface area contributed by atoms with Gasteiger partial charge in [0.05, 0.1) is 18.2 Å². The zero-order valence-electron chi connectivity index (χ0n) is 20.3. The van der Waals surface area contributed by atoms with Crippen LogP contribution in [0.3, 0.4) is 0 Å². The second-order valence-corrected chi connectivity index (χ2v) is 10.2. The van der Waals surface area contributed by atoms with E-state index in [9.17, 15) is 9.59 Å². The number of carbonyl (C=O) groups is 2. The lowest BCUT2D eigenvalue weighted by Gasteiger charge is -2.13. The van der Waals surface area contributed by atoms with Crippen LogP contribution in [0.15, 0.2) is 28.9 Å². The van der Waals surface area contributed by atoms with Crippen molar-refractivity contribution in [3.8, 4) is 0 Å². The molecule has 2 N–H and O–H groups in total. The molecule has 34 heavy (non-hydrogen) atoms.